The quantitative estimate of drug-likeness (QED) is 0.888. The molecule has 4 heteroatoms. The van der Waals surface area contributed by atoms with Gasteiger partial charge in [0, 0.05) is 13.1 Å². The van der Waals surface area contributed by atoms with Gasteiger partial charge in [0.2, 0.25) is 5.91 Å². The highest BCUT2D eigenvalue weighted by Crippen LogP contribution is 2.11. The van der Waals surface area contributed by atoms with Crippen molar-refractivity contribution in [1.29, 1.82) is 0 Å². The molecule has 20 heavy (non-hydrogen) atoms. The Morgan fingerprint density at radius 1 is 1.45 bits per heavy atom. The summed E-state index contributed by atoms with van der Waals surface area (Å²) in [7, 11) is 0. The summed E-state index contributed by atoms with van der Waals surface area (Å²) in [6, 6.07) is 9.74. The Bertz CT molecular complexity index is 422. The number of hydrogen-bond acceptors (Lipinski definition) is 3. The van der Waals surface area contributed by atoms with Crippen molar-refractivity contribution in [2.45, 2.75) is 38.3 Å². The summed E-state index contributed by atoms with van der Waals surface area (Å²) in [5, 5.41) is 0. The van der Waals surface area contributed by atoms with Gasteiger partial charge in [0.15, 0.2) is 0 Å². The number of carbonyl (C=O) groups is 1. The number of carbonyl (C=O) groups excluding carboxylic acids is 1. The van der Waals surface area contributed by atoms with Crippen molar-refractivity contribution in [3.63, 3.8) is 0 Å². The average Bonchev–Trinajstić information content (AvgIpc) is 2.53. The predicted octanol–water partition coefficient (Wildman–Crippen LogP) is 1.58. The topological polar surface area (TPSA) is 55.6 Å². The van der Waals surface area contributed by atoms with E-state index in [4.69, 9.17) is 10.5 Å². The first-order valence-electron chi connectivity index (χ1n) is 7.40. The smallest absolute Gasteiger partial charge is 0.239 e. The van der Waals surface area contributed by atoms with Gasteiger partial charge in [-0.05, 0) is 24.8 Å². The van der Waals surface area contributed by atoms with Crippen LogP contribution in [-0.2, 0) is 16.0 Å². The summed E-state index contributed by atoms with van der Waals surface area (Å²) in [6.07, 6.45) is 2.63. The molecule has 1 fully saturated rings. The zero-order valence-corrected chi connectivity index (χ0v) is 12.1. The summed E-state index contributed by atoms with van der Waals surface area (Å²) in [5.74, 6) is 0.0580. The van der Waals surface area contributed by atoms with Crippen LogP contribution in [0.5, 0.6) is 0 Å². The Balaban J connectivity index is 1.82. The number of aryl methyl sites for hydroxylation is 1. The fourth-order valence-electron chi connectivity index (χ4n) is 2.49. The number of nitrogens with zero attached hydrogens (tertiary/aromatic N) is 1. The van der Waals surface area contributed by atoms with Gasteiger partial charge in [0.1, 0.15) is 0 Å². The summed E-state index contributed by atoms with van der Waals surface area (Å²) in [4.78, 5) is 14.2. The van der Waals surface area contributed by atoms with Gasteiger partial charge in [0.25, 0.3) is 0 Å². The van der Waals surface area contributed by atoms with E-state index in [-0.39, 0.29) is 12.0 Å². The van der Waals surface area contributed by atoms with E-state index < -0.39 is 6.04 Å². The van der Waals surface area contributed by atoms with Crippen molar-refractivity contribution in [2.75, 3.05) is 19.7 Å². The summed E-state index contributed by atoms with van der Waals surface area (Å²) in [5.41, 5.74) is 7.28. The highest BCUT2D eigenvalue weighted by Gasteiger charge is 2.26. The Hall–Kier alpha value is -1.39. The van der Waals surface area contributed by atoms with Crippen LogP contribution in [0.3, 0.4) is 0 Å². The molecule has 1 aliphatic rings. The maximum atomic E-state index is 12.3. The number of nitrogens with two attached hydrogens (primary N) is 1. The Morgan fingerprint density at radius 2 is 2.20 bits per heavy atom. The van der Waals surface area contributed by atoms with E-state index in [0.717, 1.165) is 12.8 Å². The third-order valence-electron chi connectivity index (χ3n) is 3.81. The second-order valence-electron chi connectivity index (χ2n) is 5.32. The maximum Gasteiger partial charge on any atom is 0.239 e. The first-order valence-corrected chi connectivity index (χ1v) is 7.40. The van der Waals surface area contributed by atoms with Gasteiger partial charge in [-0.2, -0.15) is 0 Å². The molecule has 0 bridgehead atoms. The average molecular weight is 276 g/mol. The Morgan fingerprint density at radius 3 is 2.90 bits per heavy atom. The van der Waals surface area contributed by atoms with Crippen LogP contribution in [0.4, 0.5) is 0 Å². The molecule has 110 valence electrons. The van der Waals surface area contributed by atoms with E-state index in [1.54, 1.807) is 0 Å². The fraction of sp³-hybridized carbons (Fsp3) is 0.562. The number of amides is 1. The molecule has 0 aliphatic carbocycles. The van der Waals surface area contributed by atoms with E-state index in [1.165, 1.54) is 5.56 Å². The fourth-order valence-corrected chi connectivity index (χ4v) is 2.49. The first kappa shape index (κ1) is 15.0. The van der Waals surface area contributed by atoms with Gasteiger partial charge in [-0.15, -0.1) is 0 Å². The second kappa shape index (κ2) is 7.41. The summed E-state index contributed by atoms with van der Waals surface area (Å²) in [6.45, 7) is 4.03. The van der Waals surface area contributed by atoms with Gasteiger partial charge in [-0.1, -0.05) is 37.3 Å². The maximum absolute atomic E-state index is 12.3. The SMILES string of the molecule is CCC1CN(C(=O)C(N)CCc2ccccc2)CCO1. The van der Waals surface area contributed by atoms with Crippen LogP contribution < -0.4 is 5.73 Å². The number of rotatable bonds is 5. The zero-order chi connectivity index (χ0) is 14.4. The van der Waals surface area contributed by atoms with Crippen molar-refractivity contribution in [3.8, 4) is 0 Å². The predicted molar refractivity (Wildman–Crippen MR) is 79.3 cm³/mol. The molecule has 2 rings (SSSR count). The second-order valence-corrected chi connectivity index (χ2v) is 5.32. The first-order chi connectivity index (χ1) is 9.70. The molecular weight excluding hydrogens is 252 g/mol. The molecule has 2 atom stereocenters. The van der Waals surface area contributed by atoms with Gasteiger partial charge in [0.05, 0.1) is 18.8 Å². The van der Waals surface area contributed by atoms with E-state index in [9.17, 15) is 4.79 Å². The number of morpholine rings is 1. The number of hydrogen-bond donors (Lipinski definition) is 1. The molecule has 1 saturated heterocycles. The van der Waals surface area contributed by atoms with Gasteiger partial charge >= 0.3 is 0 Å². The van der Waals surface area contributed by atoms with Crippen LogP contribution >= 0.6 is 0 Å². The summed E-state index contributed by atoms with van der Waals surface area (Å²) >= 11 is 0. The van der Waals surface area contributed by atoms with Crippen LogP contribution in [0, 0.1) is 0 Å². The van der Waals surface area contributed by atoms with E-state index in [1.807, 2.05) is 23.1 Å². The van der Waals surface area contributed by atoms with Crippen molar-refractivity contribution >= 4 is 5.91 Å². The Kier molecular flexibility index (Phi) is 5.56. The zero-order valence-electron chi connectivity index (χ0n) is 12.1. The summed E-state index contributed by atoms with van der Waals surface area (Å²) < 4.78 is 5.58. The van der Waals surface area contributed by atoms with Gasteiger partial charge < -0.3 is 15.4 Å². The molecule has 1 aromatic rings. The molecule has 0 saturated carbocycles. The van der Waals surface area contributed by atoms with Crippen molar-refractivity contribution in [2.24, 2.45) is 5.73 Å². The van der Waals surface area contributed by atoms with Crippen LogP contribution in [0.1, 0.15) is 25.3 Å². The third-order valence-corrected chi connectivity index (χ3v) is 3.81. The molecule has 1 aliphatic heterocycles. The monoisotopic (exact) mass is 276 g/mol. The highest BCUT2D eigenvalue weighted by atomic mass is 16.5. The molecule has 0 radical (unpaired) electrons. The third kappa shape index (κ3) is 4.05. The lowest BCUT2D eigenvalue weighted by molar-refractivity contribution is -0.140. The lowest BCUT2D eigenvalue weighted by Crippen LogP contribution is -2.51. The van der Waals surface area contributed by atoms with Crippen LogP contribution in [0.25, 0.3) is 0 Å². The van der Waals surface area contributed by atoms with E-state index in [2.05, 4.69) is 19.1 Å². The van der Waals surface area contributed by atoms with Crippen molar-refractivity contribution < 1.29 is 9.53 Å². The molecule has 0 aromatic heterocycles. The normalized spacial score (nSPS) is 20.7. The van der Waals surface area contributed by atoms with Crippen LogP contribution in [-0.4, -0.2) is 42.6 Å². The number of benzene rings is 1. The van der Waals surface area contributed by atoms with Crippen molar-refractivity contribution in [3.05, 3.63) is 35.9 Å². The Labute approximate surface area is 120 Å². The molecule has 1 amide bonds. The minimum absolute atomic E-state index is 0.0580. The largest absolute Gasteiger partial charge is 0.375 e. The van der Waals surface area contributed by atoms with Gasteiger partial charge in [-0.25, -0.2) is 0 Å². The molecule has 1 heterocycles. The molecule has 1 aromatic carbocycles. The van der Waals surface area contributed by atoms with Gasteiger partial charge in [-0.3, -0.25) is 4.79 Å². The molecule has 2 unspecified atom stereocenters. The minimum Gasteiger partial charge on any atom is -0.375 e. The van der Waals surface area contributed by atoms with Crippen LogP contribution in [0.15, 0.2) is 30.3 Å². The minimum atomic E-state index is -0.411. The van der Waals surface area contributed by atoms with E-state index >= 15 is 0 Å². The van der Waals surface area contributed by atoms with Crippen LogP contribution in [0.2, 0.25) is 0 Å². The highest BCUT2D eigenvalue weighted by molar-refractivity contribution is 5.81. The van der Waals surface area contributed by atoms with Crippen molar-refractivity contribution in [1.82, 2.24) is 4.90 Å². The molecule has 0 spiro atoms. The lowest BCUT2D eigenvalue weighted by Gasteiger charge is -2.34. The number of ether oxygens (including phenoxy) is 1. The van der Waals surface area contributed by atoms with E-state index in [0.29, 0.717) is 26.1 Å². The standard InChI is InChI=1S/C16H24N2O2/c1-2-14-12-18(10-11-20-14)16(19)15(17)9-8-13-6-4-3-5-7-13/h3-7,14-15H,2,8-12,17H2,1H3. The molecule has 4 nitrogen and oxygen atoms in total. The lowest BCUT2D eigenvalue weighted by atomic mass is 10.0. The molecule has 2 N–H and O–H groups in total. The molecular formula is C16H24N2O2.